The maximum absolute atomic E-state index is 12.1. The SMILES string of the molecule is FC(F)(F)C(=Nc1ccc(Br)cc1)C(F)(F)F. The highest BCUT2D eigenvalue weighted by molar-refractivity contribution is 9.10. The molecule has 0 saturated carbocycles. The van der Waals surface area contributed by atoms with Gasteiger partial charge in [0.15, 0.2) is 0 Å². The predicted molar refractivity (Wildman–Crippen MR) is 53.3 cm³/mol. The zero-order chi connectivity index (χ0) is 13.3. The van der Waals surface area contributed by atoms with Gasteiger partial charge in [-0.2, -0.15) is 26.3 Å². The summed E-state index contributed by atoms with van der Waals surface area (Å²) in [6.07, 6.45) is -11.1. The largest absolute Gasteiger partial charge is 0.438 e. The van der Waals surface area contributed by atoms with Crippen molar-refractivity contribution in [1.29, 1.82) is 0 Å². The summed E-state index contributed by atoms with van der Waals surface area (Å²) < 4.78 is 73.3. The average Bonchev–Trinajstić information content (AvgIpc) is 2.13. The van der Waals surface area contributed by atoms with E-state index in [0.717, 1.165) is 12.1 Å². The molecule has 1 nitrogen and oxygen atoms in total. The van der Waals surface area contributed by atoms with Crippen molar-refractivity contribution in [2.75, 3.05) is 0 Å². The normalized spacial score (nSPS) is 12.4. The number of halogens is 7. The molecule has 0 aliphatic rings. The van der Waals surface area contributed by atoms with Crippen molar-refractivity contribution < 1.29 is 26.3 Å². The van der Waals surface area contributed by atoms with Crippen LogP contribution in [0.5, 0.6) is 0 Å². The van der Waals surface area contributed by atoms with Crippen LogP contribution in [0.4, 0.5) is 32.0 Å². The van der Waals surface area contributed by atoms with E-state index in [1.165, 1.54) is 12.1 Å². The summed E-state index contributed by atoms with van der Waals surface area (Å²) in [6.45, 7) is 0. The van der Waals surface area contributed by atoms with Gasteiger partial charge in [-0.1, -0.05) is 15.9 Å². The molecule has 0 spiro atoms. The Morgan fingerprint density at radius 3 is 1.65 bits per heavy atom. The summed E-state index contributed by atoms with van der Waals surface area (Å²) in [6, 6.07) is 4.68. The molecule has 0 aliphatic carbocycles. The van der Waals surface area contributed by atoms with Crippen LogP contribution in [0.15, 0.2) is 33.7 Å². The van der Waals surface area contributed by atoms with E-state index in [0.29, 0.717) is 4.47 Å². The Morgan fingerprint density at radius 1 is 0.882 bits per heavy atom. The van der Waals surface area contributed by atoms with Crippen molar-refractivity contribution in [1.82, 2.24) is 0 Å². The van der Waals surface area contributed by atoms with Gasteiger partial charge in [-0.15, -0.1) is 0 Å². The molecule has 1 rings (SSSR count). The molecule has 0 radical (unpaired) electrons. The Morgan fingerprint density at radius 2 is 1.29 bits per heavy atom. The Hall–Kier alpha value is -1.05. The number of aliphatic imine (C=N–C) groups is 1. The molecule has 0 N–H and O–H groups in total. The lowest BCUT2D eigenvalue weighted by atomic mass is 10.3. The van der Waals surface area contributed by atoms with E-state index in [-0.39, 0.29) is 0 Å². The van der Waals surface area contributed by atoms with Crippen molar-refractivity contribution in [2.45, 2.75) is 12.4 Å². The van der Waals surface area contributed by atoms with E-state index in [9.17, 15) is 26.3 Å². The molecule has 0 bridgehead atoms. The highest BCUT2D eigenvalue weighted by Crippen LogP contribution is 2.32. The third kappa shape index (κ3) is 4.03. The van der Waals surface area contributed by atoms with E-state index < -0.39 is 23.8 Å². The van der Waals surface area contributed by atoms with Gasteiger partial charge in [0.05, 0.1) is 5.69 Å². The summed E-state index contributed by atoms with van der Waals surface area (Å²) in [4.78, 5) is 2.59. The number of nitrogens with zero attached hydrogens (tertiary/aromatic N) is 1. The van der Waals surface area contributed by atoms with E-state index in [4.69, 9.17) is 0 Å². The molecular weight excluding hydrogens is 316 g/mol. The van der Waals surface area contributed by atoms with Crippen LogP contribution in [0, 0.1) is 0 Å². The first-order valence-electron chi connectivity index (χ1n) is 4.09. The number of hydrogen-bond acceptors (Lipinski definition) is 1. The molecule has 0 aromatic heterocycles. The van der Waals surface area contributed by atoms with Gasteiger partial charge in [-0.25, -0.2) is 4.99 Å². The zero-order valence-electron chi connectivity index (χ0n) is 7.90. The van der Waals surface area contributed by atoms with Gasteiger partial charge < -0.3 is 0 Å². The van der Waals surface area contributed by atoms with Gasteiger partial charge in [0.2, 0.25) is 5.71 Å². The molecule has 1 aromatic carbocycles. The molecule has 0 unspecified atom stereocenters. The van der Waals surface area contributed by atoms with Crippen molar-refractivity contribution in [2.24, 2.45) is 4.99 Å². The average molecular weight is 320 g/mol. The van der Waals surface area contributed by atoms with E-state index >= 15 is 0 Å². The van der Waals surface area contributed by atoms with E-state index in [1.54, 1.807) is 0 Å². The highest BCUT2D eigenvalue weighted by Gasteiger charge is 2.53. The maximum atomic E-state index is 12.1. The molecule has 94 valence electrons. The zero-order valence-corrected chi connectivity index (χ0v) is 9.49. The van der Waals surface area contributed by atoms with E-state index in [2.05, 4.69) is 20.9 Å². The quantitative estimate of drug-likeness (QED) is 0.528. The molecule has 8 heteroatoms. The fourth-order valence-corrected chi connectivity index (χ4v) is 1.20. The molecular formula is C9H4BrF6N. The number of hydrogen-bond donors (Lipinski definition) is 0. The van der Waals surface area contributed by atoms with Gasteiger partial charge in [-0.05, 0) is 24.3 Å². The van der Waals surface area contributed by atoms with Crippen LogP contribution in [-0.2, 0) is 0 Å². The first kappa shape index (κ1) is 14.0. The molecule has 0 saturated heterocycles. The topological polar surface area (TPSA) is 12.4 Å². The Kier molecular flexibility index (Phi) is 3.85. The maximum Gasteiger partial charge on any atom is 0.438 e. The predicted octanol–water partition coefficient (Wildman–Crippen LogP) is 4.65. The second-order valence-electron chi connectivity index (χ2n) is 2.93. The molecule has 0 fully saturated rings. The van der Waals surface area contributed by atoms with Crippen molar-refractivity contribution in [3.05, 3.63) is 28.7 Å². The van der Waals surface area contributed by atoms with Crippen LogP contribution >= 0.6 is 15.9 Å². The summed E-state index contributed by atoms with van der Waals surface area (Å²) in [5.74, 6) is 0. The lowest BCUT2D eigenvalue weighted by Gasteiger charge is -2.13. The second-order valence-corrected chi connectivity index (χ2v) is 3.85. The summed E-state index contributed by atoms with van der Waals surface area (Å²) in [5.41, 5.74) is -3.19. The Bertz CT molecular complexity index is 401. The van der Waals surface area contributed by atoms with Crippen molar-refractivity contribution in [3.8, 4) is 0 Å². The number of rotatable bonds is 1. The molecule has 0 atom stereocenters. The number of alkyl halides is 6. The first-order chi connectivity index (χ1) is 7.60. The van der Waals surface area contributed by atoms with Crippen LogP contribution in [0.3, 0.4) is 0 Å². The fraction of sp³-hybridized carbons (Fsp3) is 0.222. The summed E-state index contributed by atoms with van der Waals surface area (Å²) in [5, 5.41) is 0. The standard InChI is InChI=1S/C9H4BrF6N/c10-5-1-3-6(4-2-5)17-7(8(11,12)13)9(14,15)16/h1-4H. The van der Waals surface area contributed by atoms with Gasteiger partial charge in [-0.3, -0.25) is 0 Å². The molecule has 0 heterocycles. The number of benzene rings is 1. The molecule has 17 heavy (non-hydrogen) atoms. The van der Waals surface area contributed by atoms with Gasteiger partial charge in [0, 0.05) is 4.47 Å². The smallest absolute Gasteiger partial charge is 0.240 e. The molecule has 0 amide bonds. The minimum Gasteiger partial charge on any atom is -0.240 e. The molecule has 0 aliphatic heterocycles. The van der Waals surface area contributed by atoms with Gasteiger partial charge in [0.25, 0.3) is 0 Å². The van der Waals surface area contributed by atoms with Gasteiger partial charge >= 0.3 is 12.4 Å². The Labute approximate surface area is 100 Å². The second kappa shape index (κ2) is 4.67. The highest BCUT2D eigenvalue weighted by atomic mass is 79.9. The van der Waals surface area contributed by atoms with Crippen molar-refractivity contribution >= 4 is 27.3 Å². The van der Waals surface area contributed by atoms with Crippen LogP contribution in [0.2, 0.25) is 0 Å². The van der Waals surface area contributed by atoms with E-state index in [1.807, 2.05) is 0 Å². The van der Waals surface area contributed by atoms with Crippen LogP contribution in [0.25, 0.3) is 0 Å². The minimum atomic E-state index is -5.54. The monoisotopic (exact) mass is 319 g/mol. The third-order valence-corrected chi connectivity index (χ3v) is 2.13. The van der Waals surface area contributed by atoms with Crippen LogP contribution in [0.1, 0.15) is 0 Å². The lowest BCUT2D eigenvalue weighted by molar-refractivity contribution is -0.117. The third-order valence-electron chi connectivity index (χ3n) is 1.60. The Balaban J connectivity index is 3.20. The first-order valence-corrected chi connectivity index (χ1v) is 4.88. The van der Waals surface area contributed by atoms with Crippen LogP contribution < -0.4 is 0 Å². The minimum absolute atomic E-state index is 0.419. The van der Waals surface area contributed by atoms with Crippen molar-refractivity contribution in [3.63, 3.8) is 0 Å². The lowest BCUT2D eigenvalue weighted by Crippen LogP contribution is -2.36. The summed E-state index contributed by atoms with van der Waals surface area (Å²) in [7, 11) is 0. The summed E-state index contributed by atoms with van der Waals surface area (Å²) >= 11 is 3.00. The van der Waals surface area contributed by atoms with Crippen LogP contribution in [-0.4, -0.2) is 18.1 Å². The fourth-order valence-electron chi connectivity index (χ4n) is 0.932. The molecule has 1 aromatic rings. The van der Waals surface area contributed by atoms with Gasteiger partial charge in [0.1, 0.15) is 0 Å².